The van der Waals surface area contributed by atoms with Gasteiger partial charge in [0.15, 0.2) is 5.78 Å². The zero-order valence-corrected chi connectivity index (χ0v) is 21.1. The summed E-state index contributed by atoms with van der Waals surface area (Å²) in [5.41, 5.74) is 0.602. The molecule has 35 heavy (non-hydrogen) atoms. The molecule has 0 saturated carbocycles. The summed E-state index contributed by atoms with van der Waals surface area (Å²) in [4.78, 5) is 31.4. The molecular weight excluding hydrogens is 434 g/mol. The molecule has 1 aromatic heterocycles. The number of carbonyl (C=O) groups is 2. The van der Waals surface area contributed by atoms with Crippen molar-refractivity contribution in [2.75, 3.05) is 19.6 Å². The van der Waals surface area contributed by atoms with Crippen molar-refractivity contribution in [1.29, 1.82) is 0 Å². The molecule has 0 aliphatic carbocycles. The van der Waals surface area contributed by atoms with E-state index in [1.807, 2.05) is 0 Å². The van der Waals surface area contributed by atoms with Gasteiger partial charge in [-0.25, -0.2) is 0 Å². The number of amides is 1. The van der Waals surface area contributed by atoms with Crippen molar-refractivity contribution in [1.82, 2.24) is 15.2 Å². The van der Waals surface area contributed by atoms with Gasteiger partial charge in [0, 0.05) is 44.0 Å². The summed E-state index contributed by atoms with van der Waals surface area (Å²) in [5, 5.41) is 3.24. The normalized spacial score (nSPS) is 17.1. The number of Topliss-reactive ketones (excluding diaryl/α,β-unsaturated/α-hetero) is 1. The summed E-state index contributed by atoms with van der Waals surface area (Å²) < 4.78 is 0. The van der Waals surface area contributed by atoms with Crippen LogP contribution in [0.25, 0.3) is 0 Å². The minimum Gasteiger partial charge on any atom is -0.330 e. The van der Waals surface area contributed by atoms with Crippen molar-refractivity contribution in [3.63, 3.8) is 0 Å². The summed E-state index contributed by atoms with van der Waals surface area (Å²) in [7, 11) is 0. The van der Waals surface area contributed by atoms with Gasteiger partial charge in [0.05, 0.1) is 0 Å². The topological polar surface area (TPSA) is 62.3 Å². The summed E-state index contributed by atoms with van der Waals surface area (Å²) in [6.07, 6.45) is 32.2. The van der Waals surface area contributed by atoms with Crippen molar-refractivity contribution in [2.45, 2.75) is 64.3 Å². The van der Waals surface area contributed by atoms with Crippen molar-refractivity contribution < 1.29 is 9.59 Å². The van der Waals surface area contributed by atoms with E-state index in [1.54, 1.807) is 29.4 Å². The van der Waals surface area contributed by atoms with Crippen molar-refractivity contribution in [2.24, 2.45) is 0 Å². The molecule has 1 amide bonds. The maximum absolute atomic E-state index is 12.9. The molecule has 5 heteroatoms. The Morgan fingerprint density at radius 3 is 2.09 bits per heavy atom. The van der Waals surface area contributed by atoms with Crippen LogP contribution in [-0.2, 0) is 4.79 Å². The summed E-state index contributed by atoms with van der Waals surface area (Å²) in [5.74, 6) is 0.0389. The molecule has 1 aliphatic heterocycles. The van der Waals surface area contributed by atoms with Crippen LogP contribution in [-0.4, -0.2) is 47.3 Å². The second kappa shape index (κ2) is 18.3. The molecule has 5 nitrogen and oxygen atoms in total. The number of unbranched alkanes of at least 4 members (excludes halogenated alkanes) is 1. The average molecular weight is 476 g/mol. The van der Waals surface area contributed by atoms with Gasteiger partial charge < -0.3 is 10.2 Å². The molecular formula is C30H41N3O2. The smallest absolute Gasteiger partial charge is 0.223 e. The molecule has 2 heterocycles. The molecule has 0 radical (unpaired) electrons. The van der Waals surface area contributed by atoms with Crippen molar-refractivity contribution in [3.8, 4) is 0 Å². The van der Waals surface area contributed by atoms with Crippen molar-refractivity contribution >= 4 is 11.7 Å². The molecule has 1 N–H and O–H groups in total. The third-order valence-corrected chi connectivity index (χ3v) is 5.75. The molecule has 1 unspecified atom stereocenters. The summed E-state index contributed by atoms with van der Waals surface area (Å²) in [6.45, 7) is 3.94. The predicted octanol–water partition coefficient (Wildman–Crippen LogP) is 5.99. The number of ketones is 1. The van der Waals surface area contributed by atoms with Gasteiger partial charge in [0.1, 0.15) is 6.04 Å². The van der Waals surface area contributed by atoms with E-state index >= 15 is 0 Å². The maximum atomic E-state index is 12.9. The number of allylic oxidation sites excluding steroid dienone is 10. The second-order valence-corrected chi connectivity index (χ2v) is 8.51. The quantitative estimate of drug-likeness (QED) is 0.192. The number of carbonyl (C=O) groups excluding carboxylic acids is 2. The number of piperazine rings is 1. The number of pyridine rings is 1. The molecule has 1 aromatic rings. The molecule has 1 aliphatic rings. The van der Waals surface area contributed by atoms with E-state index in [-0.39, 0.29) is 11.7 Å². The van der Waals surface area contributed by atoms with E-state index in [2.05, 4.69) is 78.0 Å². The first-order valence-corrected chi connectivity index (χ1v) is 12.9. The first-order chi connectivity index (χ1) is 17.2. The molecule has 1 saturated heterocycles. The number of nitrogens with zero attached hydrogens (tertiary/aromatic N) is 2. The van der Waals surface area contributed by atoms with Crippen LogP contribution < -0.4 is 5.32 Å². The van der Waals surface area contributed by atoms with Crippen LogP contribution in [0.2, 0.25) is 0 Å². The van der Waals surface area contributed by atoms with E-state index in [0.29, 0.717) is 25.1 Å². The lowest BCUT2D eigenvalue weighted by atomic mass is 10.0. The Morgan fingerprint density at radius 1 is 0.914 bits per heavy atom. The Labute approximate surface area is 211 Å². The van der Waals surface area contributed by atoms with Gasteiger partial charge in [0.2, 0.25) is 5.91 Å². The fourth-order valence-electron chi connectivity index (χ4n) is 3.83. The highest BCUT2D eigenvalue weighted by molar-refractivity contribution is 6.02. The largest absolute Gasteiger partial charge is 0.330 e. The lowest BCUT2D eigenvalue weighted by Crippen LogP contribution is -2.56. The van der Waals surface area contributed by atoms with Crippen LogP contribution in [0.5, 0.6) is 0 Å². The van der Waals surface area contributed by atoms with E-state index in [0.717, 1.165) is 51.5 Å². The van der Waals surface area contributed by atoms with Gasteiger partial charge in [-0.15, -0.1) is 0 Å². The van der Waals surface area contributed by atoms with Gasteiger partial charge in [-0.1, -0.05) is 67.7 Å². The highest BCUT2D eigenvalue weighted by Gasteiger charge is 2.32. The Hall–Kier alpha value is -3.05. The molecule has 1 atom stereocenters. The monoisotopic (exact) mass is 475 g/mol. The third kappa shape index (κ3) is 11.8. The SMILES string of the molecule is CCC=CCC=CCC=CCC=CCC=CCCCC(=O)N1CCNCC1C(=O)c1ccncc1. The Bertz CT molecular complexity index is 884. The molecule has 1 fully saturated rings. The Balaban J connectivity index is 1.59. The van der Waals surface area contributed by atoms with Crippen molar-refractivity contribution in [3.05, 3.63) is 90.9 Å². The minimum absolute atomic E-state index is 0.0224. The van der Waals surface area contributed by atoms with Gasteiger partial charge in [0.25, 0.3) is 0 Å². The van der Waals surface area contributed by atoms with Gasteiger partial charge >= 0.3 is 0 Å². The Kier molecular flexibility index (Phi) is 14.7. The number of aromatic nitrogens is 1. The van der Waals surface area contributed by atoms with E-state index in [1.165, 1.54) is 0 Å². The van der Waals surface area contributed by atoms with Gasteiger partial charge in [-0.05, 0) is 57.1 Å². The zero-order chi connectivity index (χ0) is 25.0. The second-order valence-electron chi connectivity index (χ2n) is 8.51. The Morgan fingerprint density at radius 2 is 1.49 bits per heavy atom. The fraction of sp³-hybridized carbons (Fsp3) is 0.433. The lowest BCUT2D eigenvalue weighted by molar-refractivity contribution is -0.133. The zero-order valence-electron chi connectivity index (χ0n) is 21.1. The standard InChI is InChI=1S/C30H41N3O2/c1-2-3-4-5-6-7-8-9-10-11-12-13-14-15-16-17-18-19-29(34)33-25-24-32-26-28(33)30(35)27-20-22-31-23-21-27/h3-4,6-7,9-10,12-13,15-16,20-23,28,32H,2,5,8,11,14,17-19,24-26H2,1H3. The molecule has 0 bridgehead atoms. The highest BCUT2D eigenvalue weighted by atomic mass is 16.2. The summed E-state index contributed by atoms with van der Waals surface area (Å²) >= 11 is 0. The van der Waals surface area contributed by atoms with Crippen LogP contribution in [0.3, 0.4) is 0 Å². The highest BCUT2D eigenvalue weighted by Crippen LogP contribution is 2.14. The van der Waals surface area contributed by atoms with Gasteiger partial charge in [-0.3, -0.25) is 14.6 Å². The van der Waals surface area contributed by atoms with Gasteiger partial charge in [-0.2, -0.15) is 0 Å². The number of hydrogen-bond donors (Lipinski definition) is 1. The molecule has 0 spiro atoms. The number of nitrogens with one attached hydrogen (secondary N) is 1. The first kappa shape index (κ1) is 28.2. The summed E-state index contributed by atoms with van der Waals surface area (Å²) in [6, 6.07) is 2.98. The molecule has 0 aromatic carbocycles. The van der Waals surface area contributed by atoms with Crippen LogP contribution >= 0.6 is 0 Å². The number of rotatable bonds is 15. The fourth-order valence-corrected chi connectivity index (χ4v) is 3.83. The first-order valence-electron chi connectivity index (χ1n) is 12.9. The maximum Gasteiger partial charge on any atom is 0.223 e. The minimum atomic E-state index is -0.438. The van der Waals surface area contributed by atoms with E-state index in [4.69, 9.17) is 0 Å². The average Bonchev–Trinajstić information content (AvgIpc) is 2.90. The van der Waals surface area contributed by atoms with Crippen LogP contribution in [0.1, 0.15) is 68.6 Å². The van der Waals surface area contributed by atoms with Crippen LogP contribution in [0.15, 0.2) is 85.3 Å². The van der Waals surface area contributed by atoms with Crippen LogP contribution in [0.4, 0.5) is 0 Å². The third-order valence-electron chi connectivity index (χ3n) is 5.75. The van der Waals surface area contributed by atoms with E-state index < -0.39 is 6.04 Å². The number of hydrogen-bond acceptors (Lipinski definition) is 4. The lowest BCUT2D eigenvalue weighted by Gasteiger charge is -2.35. The van der Waals surface area contributed by atoms with E-state index in [9.17, 15) is 9.59 Å². The predicted molar refractivity (Wildman–Crippen MR) is 145 cm³/mol. The molecule has 2 rings (SSSR count). The molecule has 188 valence electrons. The van der Waals surface area contributed by atoms with Crippen LogP contribution in [0, 0.1) is 0 Å².